The minimum absolute atomic E-state index is 0.148. The number of rotatable bonds is 3. The van der Waals surface area contributed by atoms with Gasteiger partial charge in [-0.1, -0.05) is 13.8 Å². The van der Waals surface area contributed by atoms with Gasteiger partial charge in [0.25, 0.3) is 0 Å². The Bertz CT molecular complexity index is 344. The van der Waals surface area contributed by atoms with Crippen LogP contribution in [-0.2, 0) is 14.3 Å². The number of ether oxygens (including phenoxy) is 1. The molecule has 102 valence electrons. The molecule has 1 amide bonds. The molecule has 5 nitrogen and oxygen atoms in total. The highest BCUT2D eigenvalue weighted by Crippen LogP contribution is 2.31. The first kappa shape index (κ1) is 13.3. The van der Waals surface area contributed by atoms with Crippen LogP contribution in [0.1, 0.15) is 39.5 Å². The zero-order chi connectivity index (χ0) is 13.3. The van der Waals surface area contributed by atoms with Crippen LogP contribution in [0.25, 0.3) is 0 Å². The topological polar surface area (TPSA) is 75.6 Å². The lowest BCUT2D eigenvalue weighted by Gasteiger charge is -2.21. The fourth-order valence-electron chi connectivity index (χ4n) is 2.86. The average Bonchev–Trinajstić information content (AvgIpc) is 2.91. The van der Waals surface area contributed by atoms with E-state index in [9.17, 15) is 9.59 Å². The number of carbonyl (C=O) groups is 2. The van der Waals surface area contributed by atoms with E-state index in [0.29, 0.717) is 24.7 Å². The number of carboxylic acids is 1. The van der Waals surface area contributed by atoms with Crippen molar-refractivity contribution in [2.45, 2.75) is 57.8 Å². The van der Waals surface area contributed by atoms with E-state index < -0.39 is 18.2 Å². The lowest BCUT2D eigenvalue weighted by atomic mass is 9.97. The first-order chi connectivity index (χ1) is 8.49. The number of hydrogen-bond donors (Lipinski definition) is 2. The molecular weight excluding hydrogens is 234 g/mol. The molecule has 3 unspecified atom stereocenters. The van der Waals surface area contributed by atoms with E-state index in [1.54, 1.807) is 0 Å². The van der Waals surface area contributed by atoms with Gasteiger partial charge in [0.05, 0.1) is 0 Å². The van der Waals surface area contributed by atoms with Crippen molar-refractivity contribution in [1.82, 2.24) is 5.32 Å². The number of carbonyl (C=O) groups excluding carboxylic acids is 1. The molecule has 2 N–H and O–H groups in total. The molecule has 1 saturated heterocycles. The Labute approximate surface area is 107 Å². The van der Waals surface area contributed by atoms with Crippen LogP contribution in [0.2, 0.25) is 0 Å². The third kappa shape index (κ3) is 2.66. The fourth-order valence-corrected chi connectivity index (χ4v) is 2.86. The van der Waals surface area contributed by atoms with Crippen LogP contribution >= 0.6 is 0 Å². The highest BCUT2D eigenvalue weighted by molar-refractivity contribution is 5.82. The lowest BCUT2D eigenvalue weighted by molar-refractivity contribution is -0.152. The van der Waals surface area contributed by atoms with Gasteiger partial charge in [-0.3, -0.25) is 4.79 Å². The molecule has 0 bridgehead atoms. The third-order valence-electron chi connectivity index (χ3n) is 4.38. The molecule has 18 heavy (non-hydrogen) atoms. The molecular formula is C13H21NO4. The second kappa shape index (κ2) is 5.26. The molecule has 0 aromatic heterocycles. The molecule has 1 saturated carbocycles. The molecule has 2 fully saturated rings. The van der Waals surface area contributed by atoms with Gasteiger partial charge in [0.2, 0.25) is 5.91 Å². The predicted octanol–water partition coefficient (Wildman–Crippen LogP) is 1.17. The Morgan fingerprint density at radius 1 is 1.11 bits per heavy atom. The van der Waals surface area contributed by atoms with E-state index in [4.69, 9.17) is 9.84 Å². The van der Waals surface area contributed by atoms with Gasteiger partial charge < -0.3 is 15.2 Å². The monoisotopic (exact) mass is 255 g/mol. The summed E-state index contributed by atoms with van der Waals surface area (Å²) in [5.74, 6) is -0.0185. The van der Waals surface area contributed by atoms with Crippen molar-refractivity contribution >= 4 is 11.9 Å². The first-order valence-electron chi connectivity index (χ1n) is 6.67. The van der Waals surface area contributed by atoms with E-state index in [1.165, 1.54) is 0 Å². The third-order valence-corrected chi connectivity index (χ3v) is 4.38. The maximum atomic E-state index is 12.0. The van der Waals surface area contributed by atoms with E-state index in [1.807, 2.05) is 0 Å². The molecule has 1 aliphatic carbocycles. The fraction of sp³-hybridized carbons (Fsp3) is 0.846. The van der Waals surface area contributed by atoms with Gasteiger partial charge >= 0.3 is 5.97 Å². The molecule has 2 rings (SSSR count). The highest BCUT2D eigenvalue weighted by Gasteiger charge is 2.37. The van der Waals surface area contributed by atoms with Crippen LogP contribution in [0.4, 0.5) is 0 Å². The summed E-state index contributed by atoms with van der Waals surface area (Å²) in [6, 6.07) is 0.208. The summed E-state index contributed by atoms with van der Waals surface area (Å²) in [6.07, 6.45) is 1.65. The number of aliphatic carboxylic acids is 1. The predicted molar refractivity (Wildman–Crippen MR) is 65.0 cm³/mol. The van der Waals surface area contributed by atoms with Gasteiger partial charge in [0.1, 0.15) is 6.10 Å². The van der Waals surface area contributed by atoms with Gasteiger partial charge in [-0.2, -0.15) is 0 Å². The van der Waals surface area contributed by atoms with Crippen LogP contribution in [0, 0.1) is 11.8 Å². The Morgan fingerprint density at radius 3 is 2.28 bits per heavy atom. The SMILES string of the molecule is CC1CCC(NC(=O)[C@@H]2CC[C@H](C(=O)O)O2)C1C. The van der Waals surface area contributed by atoms with Crippen LogP contribution in [0.5, 0.6) is 0 Å². The largest absolute Gasteiger partial charge is 0.479 e. The van der Waals surface area contributed by atoms with Crippen molar-refractivity contribution in [2.24, 2.45) is 11.8 Å². The zero-order valence-electron chi connectivity index (χ0n) is 10.9. The number of carboxylic acid groups (broad SMARTS) is 1. The Hall–Kier alpha value is -1.10. The first-order valence-corrected chi connectivity index (χ1v) is 6.67. The van der Waals surface area contributed by atoms with Crippen molar-refractivity contribution in [3.8, 4) is 0 Å². The van der Waals surface area contributed by atoms with Gasteiger partial charge in [0, 0.05) is 6.04 Å². The summed E-state index contributed by atoms with van der Waals surface area (Å²) >= 11 is 0. The van der Waals surface area contributed by atoms with E-state index in [0.717, 1.165) is 12.8 Å². The summed E-state index contributed by atoms with van der Waals surface area (Å²) < 4.78 is 5.25. The van der Waals surface area contributed by atoms with Crippen molar-refractivity contribution in [2.75, 3.05) is 0 Å². The number of hydrogen-bond acceptors (Lipinski definition) is 3. The Morgan fingerprint density at radius 2 is 1.78 bits per heavy atom. The summed E-state index contributed by atoms with van der Waals surface area (Å²) in [7, 11) is 0. The van der Waals surface area contributed by atoms with Crippen molar-refractivity contribution in [3.05, 3.63) is 0 Å². The Kier molecular flexibility index (Phi) is 3.90. The smallest absolute Gasteiger partial charge is 0.332 e. The second-order valence-electron chi connectivity index (χ2n) is 5.56. The molecule has 1 heterocycles. The van der Waals surface area contributed by atoms with Gasteiger partial charge in [-0.25, -0.2) is 4.79 Å². The standard InChI is InChI=1S/C13H21NO4/c1-7-3-4-9(8(7)2)14-12(15)10-5-6-11(18-10)13(16)17/h7-11H,3-6H2,1-2H3,(H,14,15)(H,16,17)/t7?,8?,9?,10-,11+/m0/s1. The second-order valence-corrected chi connectivity index (χ2v) is 5.56. The molecule has 2 aliphatic rings. The van der Waals surface area contributed by atoms with Gasteiger partial charge in [0.15, 0.2) is 6.10 Å². The zero-order valence-corrected chi connectivity index (χ0v) is 10.9. The summed E-state index contributed by atoms with van der Waals surface area (Å²) in [6.45, 7) is 4.35. The van der Waals surface area contributed by atoms with E-state index in [2.05, 4.69) is 19.2 Å². The summed E-state index contributed by atoms with van der Waals surface area (Å²) in [4.78, 5) is 22.7. The van der Waals surface area contributed by atoms with E-state index in [-0.39, 0.29) is 11.9 Å². The quantitative estimate of drug-likeness (QED) is 0.793. The molecule has 0 radical (unpaired) electrons. The minimum Gasteiger partial charge on any atom is -0.479 e. The van der Waals surface area contributed by atoms with Crippen LogP contribution in [0.3, 0.4) is 0 Å². The maximum Gasteiger partial charge on any atom is 0.332 e. The number of amides is 1. The average molecular weight is 255 g/mol. The van der Waals surface area contributed by atoms with E-state index >= 15 is 0 Å². The molecule has 0 spiro atoms. The van der Waals surface area contributed by atoms with Crippen molar-refractivity contribution < 1.29 is 19.4 Å². The maximum absolute atomic E-state index is 12.0. The molecule has 1 aliphatic heterocycles. The van der Waals surface area contributed by atoms with Crippen LogP contribution < -0.4 is 5.32 Å². The molecule has 5 heteroatoms. The summed E-state index contributed by atoms with van der Waals surface area (Å²) in [5.41, 5.74) is 0. The van der Waals surface area contributed by atoms with Crippen LogP contribution in [0.15, 0.2) is 0 Å². The molecule has 5 atom stereocenters. The van der Waals surface area contributed by atoms with Crippen molar-refractivity contribution in [1.29, 1.82) is 0 Å². The van der Waals surface area contributed by atoms with Gasteiger partial charge in [-0.15, -0.1) is 0 Å². The molecule has 0 aromatic carbocycles. The minimum atomic E-state index is -0.979. The normalized spacial score (nSPS) is 39.8. The van der Waals surface area contributed by atoms with Gasteiger partial charge in [-0.05, 0) is 37.5 Å². The lowest BCUT2D eigenvalue weighted by Crippen LogP contribution is -2.43. The molecule has 0 aromatic rings. The van der Waals surface area contributed by atoms with Crippen molar-refractivity contribution in [3.63, 3.8) is 0 Å². The van der Waals surface area contributed by atoms with Crippen LogP contribution in [-0.4, -0.2) is 35.2 Å². The Balaban J connectivity index is 1.84. The highest BCUT2D eigenvalue weighted by atomic mass is 16.5. The number of nitrogens with one attached hydrogen (secondary N) is 1. The summed E-state index contributed by atoms with van der Waals surface area (Å²) in [5, 5.41) is 11.8.